The fraction of sp³-hybridized carbons (Fsp3) is 0.476. The summed E-state index contributed by atoms with van der Waals surface area (Å²) >= 11 is 6.23. The number of nitrogens with one attached hydrogen (secondary N) is 2. The summed E-state index contributed by atoms with van der Waals surface area (Å²) in [7, 11) is -6.69. The third-order valence-corrected chi connectivity index (χ3v) is 7.94. The molecule has 0 spiro atoms. The third kappa shape index (κ3) is 6.73. The standard InChI is InChI=1S/C21H26ClN3O5S2/c1-31(27,28)13-16-11-24-20(12-23-16)25-21(26)17(9-14-5-3-4-6-14)15-7-8-19(18(22)10-15)32(2,29)30/h7-8,10-12,14,17H,3-6,9,13H2,1-2H3,(H,24,25,26)/p+1/t17-/m1/s1. The van der Waals surface area contributed by atoms with Gasteiger partial charge in [0.05, 0.1) is 27.3 Å². The smallest absolute Gasteiger partial charge is 0.248 e. The van der Waals surface area contributed by atoms with Crippen molar-refractivity contribution in [2.75, 3.05) is 17.8 Å². The van der Waals surface area contributed by atoms with Crippen LogP contribution >= 0.6 is 11.6 Å². The highest BCUT2D eigenvalue weighted by atomic mass is 35.5. The highest BCUT2D eigenvalue weighted by Gasteiger charge is 2.30. The van der Waals surface area contributed by atoms with E-state index < -0.39 is 25.6 Å². The molecule has 0 aliphatic heterocycles. The number of aromatic nitrogens is 2. The van der Waals surface area contributed by atoms with E-state index >= 15 is 0 Å². The van der Waals surface area contributed by atoms with Crippen LogP contribution in [-0.2, 0) is 30.2 Å². The van der Waals surface area contributed by atoms with E-state index in [1.165, 1.54) is 18.5 Å². The van der Waals surface area contributed by atoms with Gasteiger partial charge in [0.15, 0.2) is 19.7 Å². The molecule has 0 bridgehead atoms. The zero-order valence-corrected chi connectivity index (χ0v) is 20.4. The molecule has 1 aromatic heterocycles. The molecule has 1 atom stereocenters. The fourth-order valence-electron chi connectivity index (χ4n) is 4.03. The minimum Gasteiger partial charge on any atom is -0.248 e. The molecule has 1 fully saturated rings. The van der Waals surface area contributed by atoms with Crippen molar-refractivity contribution in [3.63, 3.8) is 0 Å². The molecule has 0 saturated heterocycles. The maximum atomic E-state index is 13.2. The Bertz CT molecular complexity index is 1190. The Labute approximate surface area is 193 Å². The van der Waals surface area contributed by atoms with E-state index in [-0.39, 0.29) is 21.6 Å². The molecule has 32 heavy (non-hydrogen) atoms. The summed E-state index contributed by atoms with van der Waals surface area (Å²) in [6.07, 6.45) is 10.0. The number of sulfone groups is 2. The van der Waals surface area contributed by atoms with Crippen molar-refractivity contribution in [3.8, 4) is 0 Å². The van der Waals surface area contributed by atoms with Crippen LogP contribution < -0.4 is 10.3 Å². The Kier molecular flexibility index (Phi) is 7.57. The predicted molar refractivity (Wildman–Crippen MR) is 122 cm³/mol. The lowest BCUT2D eigenvalue weighted by Gasteiger charge is -2.19. The zero-order chi connectivity index (χ0) is 23.5. The molecule has 1 amide bonds. The van der Waals surface area contributed by atoms with Gasteiger partial charge in [-0.1, -0.05) is 43.4 Å². The number of anilines is 1. The van der Waals surface area contributed by atoms with Crippen molar-refractivity contribution in [1.29, 1.82) is 0 Å². The summed E-state index contributed by atoms with van der Waals surface area (Å²) in [6.45, 7) is 0. The van der Waals surface area contributed by atoms with Crippen LogP contribution in [0.25, 0.3) is 0 Å². The summed E-state index contributed by atoms with van der Waals surface area (Å²) in [5.74, 6) is -0.254. The number of amides is 1. The molecule has 11 heteroatoms. The first-order chi connectivity index (χ1) is 14.9. The van der Waals surface area contributed by atoms with Gasteiger partial charge in [0.2, 0.25) is 0 Å². The van der Waals surface area contributed by atoms with Crippen LogP contribution in [0.3, 0.4) is 0 Å². The predicted octanol–water partition coefficient (Wildman–Crippen LogP) is 2.80. The van der Waals surface area contributed by atoms with Gasteiger partial charge in [0, 0.05) is 12.5 Å². The number of nitrogens with zero attached hydrogens (tertiary/aromatic N) is 1. The van der Waals surface area contributed by atoms with E-state index in [9.17, 15) is 21.6 Å². The Morgan fingerprint density at radius 1 is 1.22 bits per heavy atom. The van der Waals surface area contributed by atoms with E-state index in [0.717, 1.165) is 38.2 Å². The molecule has 174 valence electrons. The van der Waals surface area contributed by atoms with E-state index in [1.807, 2.05) is 0 Å². The molecule has 1 aromatic carbocycles. The van der Waals surface area contributed by atoms with Gasteiger partial charge in [-0.25, -0.2) is 36.9 Å². The van der Waals surface area contributed by atoms with Crippen molar-refractivity contribution < 1.29 is 26.6 Å². The zero-order valence-electron chi connectivity index (χ0n) is 18.0. The molecule has 2 aromatic rings. The van der Waals surface area contributed by atoms with Crippen molar-refractivity contribution >= 4 is 43.0 Å². The summed E-state index contributed by atoms with van der Waals surface area (Å²) in [6, 6.07) is 4.63. The fourth-order valence-corrected chi connectivity index (χ4v) is 6.06. The average molecular weight is 501 g/mol. The van der Waals surface area contributed by atoms with Crippen LogP contribution in [0.15, 0.2) is 35.5 Å². The topological polar surface area (TPSA) is 124 Å². The number of benzene rings is 1. The van der Waals surface area contributed by atoms with Gasteiger partial charge >= 0.3 is 5.91 Å². The molecule has 0 unspecified atom stereocenters. The summed E-state index contributed by atoms with van der Waals surface area (Å²) in [4.78, 5) is 20.2. The number of halogens is 1. The van der Waals surface area contributed by atoms with Crippen LogP contribution in [0.5, 0.6) is 0 Å². The van der Waals surface area contributed by atoms with Crippen LogP contribution in [0.4, 0.5) is 5.82 Å². The van der Waals surface area contributed by atoms with Gasteiger partial charge in [-0.2, -0.15) is 0 Å². The summed E-state index contributed by atoms with van der Waals surface area (Å²) < 4.78 is 46.6. The van der Waals surface area contributed by atoms with Gasteiger partial charge in [-0.15, -0.1) is 0 Å². The van der Waals surface area contributed by atoms with Crippen LogP contribution in [-0.4, -0.2) is 40.2 Å². The maximum absolute atomic E-state index is 13.2. The lowest BCUT2D eigenvalue weighted by molar-refractivity contribution is -0.362. The second kappa shape index (κ2) is 9.84. The van der Waals surface area contributed by atoms with E-state index in [4.69, 9.17) is 11.6 Å². The third-order valence-electron chi connectivity index (χ3n) is 5.54. The molecule has 8 nitrogen and oxygen atoms in total. The molecular weight excluding hydrogens is 474 g/mol. The Hall–Kier alpha value is -2.04. The van der Waals surface area contributed by atoms with Crippen LogP contribution in [0, 0.1) is 5.92 Å². The Morgan fingerprint density at radius 3 is 2.44 bits per heavy atom. The average Bonchev–Trinajstić information content (AvgIpc) is 3.18. The molecule has 0 radical (unpaired) electrons. The maximum Gasteiger partial charge on any atom is 0.315 e. The van der Waals surface area contributed by atoms with Crippen molar-refractivity contribution in [1.82, 2.24) is 4.98 Å². The summed E-state index contributed by atoms with van der Waals surface area (Å²) in [5, 5.41) is 2.89. The second-order valence-electron chi connectivity index (χ2n) is 8.41. The first-order valence-electron chi connectivity index (χ1n) is 10.3. The van der Waals surface area contributed by atoms with E-state index in [2.05, 4.69) is 15.3 Å². The van der Waals surface area contributed by atoms with Crippen LogP contribution in [0.1, 0.15) is 49.3 Å². The lowest BCUT2D eigenvalue weighted by atomic mass is 9.87. The monoisotopic (exact) mass is 500 g/mol. The number of carbonyl (C=O) groups excluding carboxylic acids is 1. The number of hydrogen-bond acceptors (Lipinski definition) is 6. The molecule has 1 aliphatic rings. The van der Waals surface area contributed by atoms with Crippen molar-refractivity contribution in [2.24, 2.45) is 5.92 Å². The Balaban J connectivity index is 1.83. The largest absolute Gasteiger partial charge is 0.315 e. The lowest BCUT2D eigenvalue weighted by Crippen LogP contribution is -2.27. The highest BCUT2D eigenvalue weighted by Crippen LogP contribution is 2.36. The minimum atomic E-state index is -3.47. The van der Waals surface area contributed by atoms with Crippen molar-refractivity contribution in [2.45, 2.75) is 48.7 Å². The molecule has 1 aliphatic carbocycles. The Morgan fingerprint density at radius 2 is 1.91 bits per heavy atom. The van der Waals surface area contributed by atoms with E-state index in [1.54, 1.807) is 12.1 Å². The summed E-state index contributed by atoms with van der Waals surface area (Å²) in [5.41, 5.74) is 0.990. The molecule has 1 heterocycles. The second-order valence-corrected chi connectivity index (χ2v) is 12.9. The number of rotatable bonds is 8. The number of H-pyrrole nitrogens is 1. The first kappa shape index (κ1) is 24.6. The van der Waals surface area contributed by atoms with E-state index in [0.29, 0.717) is 29.4 Å². The highest BCUT2D eigenvalue weighted by molar-refractivity contribution is 7.90. The van der Waals surface area contributed by atoms with Gasteiger partial charge in [-0.05, 0) is 30.0 Å². The molecule has 3 rings (SSSR count). The number of hydrogen-bond donors (Lipinski definition) is 1. The number of carbonyl (C=O) groups is 1. The quantitative estimate of drug-likeness (QED) is 0.594. The molecule has 1 saturated carbocycles. The normalized spacial score (nSPS) is 16.1. The number of aromatic amines is 1. The first-order valence-corrected chi connectivity index (χ1v) is 14.6. The van der Waals surface area contributed by atoms with Gasteiger partial charge in [0.1, 0.15) is 12.4 Å². The van der Waals surface area contributed by atoms with Crippen LogP contribution in [0.2, 0.25) is 5.02 Å². The minimum absolute atomic E-state index is 0.0296. The van der Waals surface area contributed by atoms with Gasteiger partial charge in [-0.3, -0.25) is 0 Å². The van der Waals surface area contributed by atoms with Gasteiger partial charge in [0.25, 0.3) is 5.82 Å². The molecule has 2 N–H and O–H groups in total. The van der Waals surface area contributed by atoms with Crippen molar-refractivity contribution in [3.05, 3.63) is 46.9 Å². The van der Waals surface area contributed by atoms with Gasteiger partial charge < -0.3 is 0 Å². The molecular formula is C21H27ClN3O5S2+. The SMILES string of the molecule is CS(=O)(=O)Cc1c[nH+]c(NC(=O)[C@H](CC2CCCC2)c2ccc(S(C)(=O)=O)c(Cl)c2)cn1.